The predicted octanol–water partition coefficient (Wildman–Crippen LogP) is -0.886. The van der Waals surface area contributed by atoms with Crippen LogP contribution in [-0.4, -0.2) is 48.8 Å². The van der Waals surface area contributed by atoms with Crippen molar-refractivity contribution in [1.29, 1.82) is 0 Å². The average molecular weight is 232 g/mol. The molecule has 15 heavy (non-hydrogen) atoms. The molecule has 0 bridgehead atoms. The fraction of sp³-hybridized carbons (Fsp3) is 0.750. The maximum absolute atomic E-state index is 11.4. The van der Waals surface area contributed by atoms with Gasteiger partial charge in [-0.1, -0.05) is 6.92 Å². The van der Waals surface area contributed by atoms with Gasteiger partial charge in [0, 0.05) is 6.42 Å². The average Bonchev–Trinajstić information content (AvgIpc) is 2.54. The highest BCUT2D eigenvalue weighted by atomic mass is 32.2. The Morgan fingerprint density at radius 2 is 2.20 bits per heavy atom. The summed E-state index contributed by atoms with van der Waals surface area (Å²) in [5.41, 5.74) is 0. The highest BCUT2D eigenvalue weighted by Gasteiger charge is 2.50. The molecule has 0 saturated carbocycles. The van der Waals surface area contributed by atoms with Crippen LogP contribution in [0, 0.1) is 0 Å². The number of sulfone groups is 1. The first kappa shape index (κ1) is 10.4. The van der Waals surface area contributed by atoms with Crippen LogP contribution in [0.15, 0.2) is 0 Å². The number of nitrogens with zero attached hydrogens (tertiary/aromatic N) is 1. The molecule has 0 radical (unpaired) electrons. The number of urea groups is 1. The van der Waals surface area contributed by atoms with Crippen LogP contribution in [0.5, 0.6) is 0 Å². The van der Waals surface area contributed by atoms with Gasteiger partial charge in [-0.05, 0) is 0 Å². The minimum atomic E-state index is -3.11. The van der Waals surface area contributed by atoms with E-state index in [1.807, 2.05) is 0 Å². The predicted molar refractivity (Wildman–Crippen MR) is 51.9 cm³/mol. The fourth-order valence-electron chi connectivity index (χ4n) is 2.07. The van der Waals surface area contributed by atoms with Gasteiger partial charge in [-0.15, -0.1) is 0 Å². The number of nitrogens with one attached hydrogen (secondary N) is 1. The Morgan fingerprint density at radius 3 is 2.80 bits per heavy atom. The molecule has 0 unspecified atom stereocenters. The summed E-state index contributed by atoms with van der Waals surface area (Å²) >= 11 is 0. The van der Waals surface area contributed by atoms with Gasteiger partial charge in [0.05, 0.1) is 23.6 Å². The minimum absolute atomic E-state index is 0.0586. The van der Waals surface area contributed by atoms with E-state index in [9.17, 15) is 18.0 Å². The van der Waals surface area contributed by atoms with Gasteiger partial charge in [0.25, 0.3) is 0 Å². The number of rotatable bonds is 1. The fourth-order valence-corrected chi connectivity index (χ4v) is 3.96. The first-order valence-corrected chi connectivity index (χ1v) is 6.59. The number of fused-ring (bicyclic) bond motifs is 1. The Bertz CT molecular complexity index is 408. The van der Waals surface area contributed by atoms with E-state index in [4.69, 9.17) is 0 Å². The molecule has 1 N–H and O–H groups in total. The SMILES string of the molecule is CCC(=O)N1C(=O)N[C@H]2CS(=O)(=O)C[C@@H]21. The van der Waals surface area contributed by atoms with Crippen LogP contribution in [-0.2, 0) is 14.6 Å². The van der Waals surface area contributed by atoms with Crippen LogP contribution < -0.4 is 5.32 Å². The second-order valence-electron chi connectivity index (χ2n) is 3.82. The summed E-state index contributed by atoms with van der Waals surface area (Å²) in [4.78, 5) is 23.9. The summed E-state index contributed by atoms with van der Waals surface area (Å²) in [5.74, 6) is -0.490. The van der Waals surface area contributed by atoms with Crippen LogP contribution in [0.3, 0.4) is 0 Å². The number of hydrogen-bond donors (Lipinski definition) is 1. The Labute approximate surface area is 87.5 Å². The van der Waals surface area contributed by atoms with Gasteiger partial charge >= 0.3 is 6.03 Å². The van der Waals surface area contributed by atoms with Gasteiger partial charge < -0.3 is 5.32 Å². The smallest absolute Gasteiger partial charge is 0.324 e. The lowest BCUT2D eigenvalue weighted by atomic mass is 10.2. The van der Waals surface area contributed by atoms with Crippen LogP contribution in [0.4, 0.5) is 4.79 Å². The molecule has 0 aromatic rings. The summed E-state index contributed by atoms with van der Waals surface area (Å²) in [6.45, 7) is 1.65. The maximum Gasteiger partial charge on any atom is 0.324 e. The van der Waals surface area contributed by atoms with Crippen molar-refractivity contribution < 1.29 is 18.0 Å². The summed E-state index contributed by atoms with van der Waals surface area (Å²) in [5, 5.41) is 2.52. The van der Waals surface area contributed by atoms with E-state index in [1.165, 1.54) is 0 Å². The van der Waals surface area contributed by atoms with E-state index < -0.39 is 28.0 Å². The molecule has 3 amide bonds. The van der Waals surface area contributed by atoms with Gasteiger partial charge in [0.2, 0.25) is 5.91 Å². The Hall–Kier alpha value is -1.11. The Morgan fingerprint density at radius 1 is 1.53 bits per heavy atom. The van der Waals surface area contributed by atoms with E-state index in [1.54, 1.807) is 6.92 Å². The first-order valence-electron chi connectivity index (χ1n) is 4.77. The first-order chi connectivity index (χ1) is 6.94. The molecule has 2 rings (SSSR count). The molecule has 2 aliphatic rings. The second kappa shape index (κ2) is 3.19. The molecule has 2 fully saturated rings. The van der Waals surface area contributed by atoms with Gasteiger partial charge in [-0.3, -0.25) is 9.69 Å². The van der Waals surface area contributed by atoms with E-state index >= 15 is 0 Å². The number of carbonyl (C=O) groups excluding carboxylic acids is 2. The van der Waals surface area contributed by atoms with Crippen molar-refractivity contribution in [3.63, 3.8) is 0 Å². The molecule has 2 aliphatic heterocycles. The number of hydrogen-bond acceptors (Lipinski definition) is 4. The molecule has 2 heterocycles. The number of carbonyl (C=O) groups is 2. The minimum Gasteiger partial charge on any atom is -0.332 e. The van der Waals surface area contributed by atoms with Gasteiger partial charge in [-0.2, -0.15) is 0 Å². The molecule has 2 atom stereocenters. The lowest BCUT2D eigenvalue weighted by Gasteiger charge is -2.17. The van der Waals surface area contributed by atoms with E-state index in [0.29, 0.717) is 0 Å². The zero-order chi connectivity index (χ0) is 11.2. The zero-order valence-corrected chi connectivity index (χ0v) is 9.08. The Balaban J connectivity index is 2.27. The standard InChI is InChI=1S/C8H12N2O4S/c1-2-7(11)10-6-4-15(13,14)3-5(6)9-8(10)12/h5-6H,2-4H2,1H3,(H,9,12)/t5-,6-/m0/s1. The van der Waals surface area contributed by atoms with Crippen molar-refractivity contribution >= 4 is 21.8 Å². The van der Waals surface area contributed by atoms with Gasteiger partial charge in [-0.25, -0.2) is 13.2 Å². The number of imide groups is 1. The highest BCUT2D eigenvalue weighted by Crippen LogP contribution is 2.24. The van der Waals surface area contributed by atoms with Crippen molar-refractivity contribution in [2.24, 2.45) is 0 Å². The van der Waals surface area contributed by atoms with Crippen molar-refractivity contribution in [3.8, 4) is 0 Å². The molecular formula is C8H12N2O4S. The zero-order valence-electron chi connectivity index (χ0n) is 8.26. The van der Waals surface area contributed by atoms with Crippen LogP contribution >= 0.6 is 0 Å². The third-order valence-electron chi connectivity index (χ3n) is 2.75. The quantitative estimate of drug-likeness (QED) is 0.595. The molecule has 7 heteroatoms. The lowest BCUT2D eigenvalue weighted by molar-refractivity contribution is -0.128. The second-order valence-corrected chi connectivity index (χ2v) is 5.97. The largest absolute Gasteiger partial charge is 0.332 e. The molecule has 0 spiro atoms. The third-order valence-corrected chi connectivity index (χ3v) is 4.47. The van der Waals surface area contributed by atoms with Crippen molar-refractivity contribution in [2.45, 2.75) is 25.4 Å². The van der Waals surface area contributed by atoms with Gasteiger partial charge in [0.15, 0.2) is 9.84 Å². The molecule has 2 saturated heterocycles. The normalized spacial score (nSPS) is 32.6. The summed E-state index contributed by atoms with van der Waals surface area (Å²) in [7, 11) is -3.11. The molecular weight excluding hydrogens is 220 g/mol. The highest BCUT2D eigenvalue weighted by molar-refractivity contribution is 7.91. The molecule has 0 aliphatic carbocycles. The summed E-state index contributed by atoms with van der Waals surface area (Å²) < 4.78 is 22.6. The summed E-state index contributed by atoms with van der Waals surface area (Å²) in [6, 6.07) is -1.39. The third kappa shape index (κ3) is 1.60. The van der Waals surface area contributed by atoms with Crippen molar-refractivity contribution in [1.82, 2.24) is 10.2 Å². The molecule has 6 nitrogen and oxygen atoms in total. The lowest BCUT2D eigenvalue weighted by Crippen LogP contribution is -2.41. The molecule has 84 valence electrons. The van der Waals surface area contributed by atoms with Crippen molar-refractivity contribution in [3.05, 3.63) is 0 Å². The maximum atomic E-state index is 11.4. The Kier molecular flexibility index (Phi) is 2.22. The van der Waals surface area contributed by atoms with Crippen LogP contribution in [0.1, 0.15) is 13.3 Å². The van der Waals surface area contributed by atoms with Crippen molar-refractivity contribution in [2.75, 3.05) is 11.5 Å². The molecule has 0 aromatic carbocycles. The topological polar surface area (TPSA) is 83.6 Å². The van der Waals surface area contributed by atoms with E-state index in [2.05, 4.69) is 5.32 Å². The van der Waals surface area contributed by atoms with Crippen LogP contribution in [0.25, 0.3) is 0 Å². The van der Waals surface area contributed by atoms with Gasteiger partial charge in [0.1, 0.15) is 0 Å². The summed E-state index contributed by atoms with van der Waals surface area (Å²) in [6.07, 6.45) is 0.205. The van der Waals surface area contributed by atoms with Crippen LogP contribution in [0.2, 0.25) is 0 Å². The van der Waals surface area contributed by atoms with E-state index in [0.717, 1.165) is 4.90 Å². The number of amides is 3. The monoisotopic (exact) mass is 232 g/mol. The molecule has 0 aromatic heterocycles. The van der Waals surface area contributed by atoms with E-state index in [-0.39, 0.29) is 23.8 Å².